The Labute approximate surface area is 153 Å². The first-order valence-electron chi connectivity index (χ1n) is 9.50. The van der Waals surface area contributed by atoms with Gasteiger partial charge in [-0.1, -0.05) is 0 Å². The third-order valence-electron chi connectivity index (χ3n) is 5.28. The van der Waals surface area contributed by atoms with Gasteiger partial charge in [0.25, 0.3) is 5.91 Å². The number of carbonyl (C=O) groups is 1. The van der Waals surface area contributed by atoms with Gasteiger partial charge in [0.15, 0.2) is 0 Å². The predicted molar refractivity (Wildman–Crippen MR) is 97.9 cm³/mol. The molecule has 2 aromatic heterocycles. The number of amides is 1. The number of hydrogen-bond donors (Lipinski definition) is 1. The van der Waals surface area contributed by atoms with E-state index in [1.165, 1.54) is 5.56 Å². The largest absolute Gasteiger partial charge is 0.338 e. The molecule has 26 heavy (non-hydrogen) atoms. The Morgan fingerprint density at radius 1 is 1.35 bits per heavy atom. The summed E-state index contributed by atoms with van der Waals surface area (Å²) >= 11 is 0. The molecule has 1 amide bonds. The zero-order valence-corrected chi connectivity index (χ0v) is 15.5. The molecule has 0 saturated carbocycles. The maximum absolute atomic E-state index is 12.9. The molecule has 1 atom stereocenters. The first-order valence-corrected chi connectivity index (χ1v) is 9.50. The molecule has 0 aromatic carbocycles. The van der Waals surface area contributed by atoms with Crippen molar-refractivity contribution in [1.82, 2.24) is 30.0 Å². The molecule has 0 radical (unpaired) electrons. The third kappa shape index (κ3) is 3.35. The minimum Gasteiger partial charge on any atom is -0.338 e. The number of likely N-dealkylation sites (tertiary alicyclic amines) is 1. The van der Waals surface area contributed by atoms with Crippen LogP contribution in [0.2, 0.25) is 0 Å². The van der Waals surface area contributed by atoms with E-state index in [2.05, 4.69) is 29.2 Å². The van der Waals surface area contributed by atoms with Crippen molar-refractivity contribution < 1.29 is 4.79 Å². The molecule has 1 N–H and O–H groups in total. The summed E-state index contributed by atoms with van der Waals surface area (Å²) < 4.78 is 1.83. The lowest BCUT2D eigenvalue weighted by atomic mass is 9.96. The Morgan fingerprint density at radius 3 is 3.04 bits per heavy atom. The molecule has 0 spiro atoms. The lowest BCUT2D eigenvalue weighted by Crippen LogP contribution is -2.39. The van der Waals surface area contributed by atoms with Crippen LogP contribution in [0.25, 0.3) is 0 Å². The Kier molecular flexibility index (Phi) is 4.72. The first kappa shape index (κ1) is 17.1. The topological polar surface area (TPSA) is 75.9 Å². The zero-order valence-electron chi connectivity index (χ0n) is 15.5. The van der Waals surface area contributed by atoms with E-state index in [0.29, 0.717) is 12.1 Å². The quantitative estimate of drug-likeness (QED) is 0.911. The first-order chi connectivity index (χ1) is 12.6. The minimum absolute atomic E-state index is 0.0590. The molecule has 1 saturated heterocycles. The number of nitrogens with zero attached hydrogens (tertiary/aromatic N) is 5. The average molecular weight is 354 g/mol. The number of piperidine rings is 1. The van der Waals surface area contributed by atoms with Crippen molar-refractivity contribution in [2.75, 3.05) is 19.6 Å². The lowest BCUT2D eigenvalue weighted by Gasteiger charge is -2.32. The molecular weight excluding hydrogens is 328 g/mol. The Hall–Kier alpha value is -2.28. The summed E-state index contributed by atoms with van der Waals surface area (Å²) in [5.41, 5.74) is 3.03. The number of hydrogen-bond acceptors (Lipinski definition) is 5. The number of fused-ring (bicyclic) bond motifs is 1. The van der Waals surface area contributed by atoms with Crippen molar-refractivity contribution in [3.8, 4) is 0 Å². The Bertz CT molecular complexity index is 799. The second-order valence-corrected chi connectivity index (χ2v) is 7.52. The van der Waals surface area contributed by atoms with Crippen molar-refractivity contribution in [1.29, 1.82) is 0 Å². The van der Waals surface area contributed by atoms with E-state index < -0.39 is 0 Å². The molecule has 7 heteroatoms. The normalized spacial score (nSPS) is 20.3. The lowest BCUT2D eigenvalue weighted by molar-refractivity contribution is 0.0704. The maximum atomic E-state index is 12.9. The van der Waals surface area contributed by atoms with E-state index in [1.807, 2.05) is 22.0 Å². The average Bonchev–Trinajstić information content (AvgIpc) is 3.18. The fourth-order valence-electron chi connectivity index (χ4n) is 3.73. The van der Waals surface area contributed by atoms with Gasteiger partial charge >= 0.3 is 0 Å². The second-order valence-electron chi connectivity index (χ2n) is 7.52. The van der Waals surface area contributed by atoms with Gasteiger partial charge in [-0.05, 0) is 26.7 Å². The van der Waals surface area contributed by atoms with Crippen LogP contribution in [-0.2, 0) is 13.0 Å². The summed E-state index contributed by atoms with van der Waals surface area (Å²) in [5, 5.41) is 7.64. The van der Waals surface area contributed by atoms with Crippen molar-refractivity contribution in [2.24, 2.45) is 0 Å². The van der Waals surface area contributed by atoms with Crippen LogP contribution in [0.15, 0.2) is 18.6 Å². The summed E-state index contributed by atoms with van der Waals surface area (Å²) in [6, 6.07) is 0.254. The highest BCUT2D eigenvalue weighted by molar-refractivity contribution is 5.93. The van der Waals surface area contributed by atoms with Crippen LogP contribution in [0, 0.1) is 0 Å². The maximum Gasteiger partial charge on any atom is 0.257 e. The third-order valence-corrected chi connectivity index (χ3v) is 5.28. The van der Waals surface area contributed by atoms with E-state index >= 15 is 0 Å². The van der Waals surface area contributed by atoms with Gasteiger partial charge in [0.2, 0.25) is 0 Å². The minimum atomic E-state index is 0.0590. The standard InChI is InChI=1S/C19H26N6O/c1-13(2)25-12-16(10-22-25)19(26)24-7-3-4-14(11-24)18-21-9-15-8-20-6-5-17(15)23-18/h9-10,12-14,20H,3-8,11H2,1-2H3/t14-/m0/s1. The number of nitrogens with one attached hydrogen (secondary N) is 1. The number of carbonyl (C=O) groups excluding carboxylic acids is 1. The Balaban J connectivity index is 1.49. The summed E-state index contributed by atoms with van der Waals surface area (Å²) in [4.78, 5) is 24.2. The molecular formula is C19H26N6O. The van der Waals surface area contributed by atoms with Gasteiger partial charge in [0, 0.05) is 68.2 Å². The monoisotopic (exact) mass is 354 g/mol. The van der Waals surface area contributed by atoms with Crippen molar-refractivity contribution in [3.63, 3.8) is 0 Å². The zero-order chi connectivity index (χ0) is 18.1. The van der Waals surface area contributed by atoms with Gasteiger partial charge in [-0.3, -0.25) is 9.48 Å². The molecule has 2 aromatic rings. The molecule has 0 unspecified atom stereocenters. The van der Waals surface area contributed by atoms with Crippen LogP contribution in [0.1, 0.15) is 66.1 Å². The van der Waals surface area contributed by atoms with Crippen molar-refractivity contribution in [2.45, 2.75) is 51.6 Å². The number of rotatable bonds is 3. The smallest absolute Gasteiger partial charge is 0.257 e. The number of aromatic nitrogens is 4. The van der Waals surface area contributed by atoms with Crippen LogP contribution in [0.5, 0.6) is 0 Å². The van der Waals surface area contributed by atoms with Gasteiger partial charge in [-0.25, -0.2) is 9.97 Å². The molecule has 2 aliphatic heterocycles. The molecule has 2 aliphatic rings. The van der Waals surface area contributed by atoms with Crippen LogP contribution in [0.4, 0.5) is 0 Å². The predicted octanol–water partition coefficient (Wildman–Crippen LogP) is 1.92. The summed E-state index contributed by atoms with van der Waals surface area (Å²) in [6.07, 6.45) is 8.45. The molecule has 0 aliphatic carbocycles. The van der Waals surface area contributed by atoms with Gasteiger partial charge in [0.05, 0.1) is 11.8 Å². The van der Waals surface area contributed by atoms with E-state index in [9.17, 15) is 4.79 Å². The van der Waals surface area contributed by atoms with Crippen LogP contribution < -0.4 is 5.32 Å². The van der Waals surface area contributed by atoms with Gasteiger partial charge in [-0.2, -0.15) is 5.10 Å². The van der Waals surface area contributed by atoms with Crippen LogP contribution in [0.3, 0.4) is 0 Å². The molecule has 1 fully saturated rings. The van der Waals surface area contributed by atoms with E-state index in [-0.39, 0.29) is 17.9 Å². The van der Waals surface area contributed by atoms with E-state index in [4.69, 9.17) is 4.98 Å². The van der Waals surface area contributed by atoms with Crippen LogP contribution >= 0.6 is 0 Å². The molecule has 0 bridgehead atoms. The van der Waals surface area contributed by atoms with Gasteiger partial charge in [-0.15, -0.1) is 0 Å². The fourth-order valence-corrected chi connectivity index (χ4v) is 3.73. The summed E-state index contributed by atoms with van der Waals surface area (Å²) in [5.74, 6) is 1.16. The van der Waals surface area contributed by atoms with E-state index in [1.54, 1.807) is 6.20 Å². The molecule has 4 heterocycles. The fraction of sp³-hybridized carbons (Fsp3) is 0.579. The van der Waals surface area contributed by atoms with Gasteiger partial charge in [0.1, 0.15) is 5.82 Å². The molecule has 4 rings (SSSR count). The molecule has 138 valence electrons. The molecule has 7 nitrogen and oxygen atoms in total. The second kappa shape index (κ2) is 7.15. The highest BCUT2D eigenvalue weighted by Gasteiger charge is 2.28. The van der Waals surface area contributed by atoms with Crippen molar-refractivity contribution in [3.05, 3.63) is 41.2 Å². The summed E-state index contributed by atoms with van der Waals surface area (Å²) in [6.45, 7) is 7.41. The summed E-state index contributed by atoms with van der Waals surface area (Å²) in [7, 11) is 0. The highest BCUT2D eigenvalue weighted by atomic mass is 16.2. The van der Waals surface area contributed by atoms with Crippen molar-refractivity contribution >= 4 is 5.91 Å². The Morgan fingerprint density at radius 2 is 2.23 bits per heavy atom. The van der Waals surface area contributed by atoms with Gasteiger partial charge < -0.3 is 10.2 Å². The van der Waals surface area contributed by atoms with E-state index in [0.717, 1.165) is 50.4 Å². The van der Waals surface area contributed by atoms with Crippen LogP contribution in [-0.4, -0.2) is 50.2 Å². The highest BCUT2D eigenvalue weighted by Crippen LogP contribution is 2.26. The SMILES string of the molecule is CC(C)n1cc(C(=O)N2CCC[C@H](c3ncc4c(n3)CCNC4)C2)cn1.